The zero-order valence-electron chi connectivity index (χ0n) is 17.1. The predicted octanol–water partition coefficient (Wildman–Crippen LogP) is 4.44. The Balaban J connectivity index is 1.77. The highest BCUT2D eigenvalue weighted by atomic mass is 32.2. The fraction of sp³-hybridized carbons (Fsp3) is 0.273. The molecule has 29 heavy (non-hydrogen) atoms. The maximum absolute atomic E-state index is 12.3. The standard InChI is InChI=1S/C22H25N3O3S/c1-5-25(6-2)17-10-8-16(9-11-17)23-22-24-21(26)20(29-22)14-15-7-12-18(27-3)19(13-15)28-4/h7-14H,5-6H2,1-4H3,(H,23,24,26)/b20-14-. The molecular formula is C22H25N3O3S. The molecule has 0 saturated carbocycles. The molecule has 1 aliphatic rings. The van der Waals surface area contributed by atoms with E-state index in [0.29, 0.717) is 21.6 Å². The van der Waals surface area contributed by atoms with E-state index in [2.05, 4.69) is 29.1 Å². The van der Waals surface area contributed by atoms with Crippen molar-refractivity contribution in [3.8, 4) is 11.5 Å². The number of thioether (sulfide) groups is 1. The number of amides is 1. The summed E-state index contributed by atoms with van der Waals surface area (Å²) in [5, 5.41) is 3.39. The molecule has 7 heteroatoms. The second-order valence-electron chi connectivity index (χ2n) is 6.28. The molecular weight excluding hydrogens is 386 g/mol. The number of hydrogen-bond donors (Lipinski definition) is 1. The molecule has 2 aromatic rings. The maximum atomic E-state index is 12.3. The lowest BCUT2D eigenvalue weighted by Gasteiger charge is -2.20. The van der Waals surface area contributed by atoms with Crippen molar-refractivity contribution in [3.63, 3.8) is 0 Å². The number of hydrogen-bond acceptors (Lipinski definition) is 6. The summed E-state index contributed by atoms with van der Waals surface area (Å²) in [6.07, 6.45) is 1.81. The fourth-order valence-electron chi connectivity index (χ4n) is 3.02. The Morgan fingerprint density at radius 2 is 1.72 bits per heavy atom. The third kappa shape index (κ3) is 4.92. The van der Waals surface area contributed by atoms with Crippen LogP contribution in [-0.2, 0) is 4.79 Å². The molecule has 1 amide bonds. The minimum Gasteiger partial charge on any atom is -0.493 e. The van der Waals surface area contributed by atoms with Gasteiger partial charge in [-0.15, -0.1) is 0 Å². The van der Waals surface area contributed by atoms with Gasteiger partial charge in [0.15, 0.2) is 16.7 Å². The van der Waals surface area contributed by atoms with Gasteiger partial charge in [0.25, 0.3) is 5.91 Å². The molecule has 0 aromatic heterocycles. The summed E-state index contributed by atoms with van der Waals surface area (Å²) in [7, 11) is 3.18. The molecule has 1 fully saturated rings. The number of carbonyl (C=O) groups excluding carboxylic acids is 1. The molecule has 152 valence electrons. The summed E-state index contributed by atoms with van der Waals surface area (Å²) in [4.78, 5) is 19.7. The molecule has 0 radical (unpaired) electrons. The molecule has 3 rings (SSSR count). The third-order valence-corrected chi connectivity index (χ3v) is 5.48. The van der Waals surface area contributed by atoms with Crippen LogP contribution in [-0.4, -0.2) is 38.4 Å². The maximum Gasteiger partial charge on any atom is 0.264 e. The first-order valence-electron chi connectivity index (χ1n) is 9.44. The summed E-state index contributed by atoms with van der Waals surface area (Å²) in [5.74, 6) is 1.10. The topological polar surface area (TPSA) is 63.2 Å². The minimum atomic E-state index is -0.164. The number of aliphatic imine (C=N–C) groups is 1. The first-order chi connectivity index (χ1) is 14.1. The van der Waals surface area contributed by atoms with Crippen LogP contribution in [0, 0.1) is 0 Å². The van der Waals surface area contributed by atoms with Crippen LogP contribution in [0.3, 0.4) is 0 Å². The van der Waals surface area contributed by atoms with Crippen LogP contribution in [0.1, 0.15) is 19.4 Å². The highest BCUT2D eigenvalue weighted by molar-refractivity contribution is 8.18. The monoisotopic (exact) mass is 411 g/mol. The summed E-state index contributed by atoms with van der Waals surface area (Å²) in [5.41, 5.74) is 2.82. The van der Waals surface area contributed by atoms with Crippen molar-refractivity contribution >= 4 is 40.3 Å². The number of nitrogens with one attached hydrogen (secondary N) is 1. The summed E-state index contributed by atoms with van der Waals surface area (Å²) in [6, 6.07) is 13.6. The van der Waals surface area contributed by atoms with Crippen LogP contribution in [0.25, 0.3) is 6.08 Å². The van der Waals surface area contributed by atoms with E-state index in [9.17, 15) is 4.79 Å². The average molecular weight is 412 g/mol. The Hall–Kier alpha value is -2.93. The molecule has 2 aromatic carbocycles. The molecule has 1 N–H and O–H groups in total. The van der Waals surface area contributed by atoms with E-state index in [0.717, 1.165) is 30.0 Å². The van der Waals surface area contributed by atoms with Crippen LogP contribution in [0.15, 0.2) is 52.4 Å². The lowest BCUT2D eigenvalue weighted by Crippen LogP contribution is -2.21. The van der Waals surface area contributed by atoms with E-state index < -0.39 is 0 Å². The van der Waals surface area contributed by atoms with E-state index in [-0.39, 0.29) is 5.91 Å². The van der Waals surface area contributed by atoms with Crippen molar-refractivity contribution in [2.24, 2.45) is 4.99 Å². The van der Waals surface area contributed by atoms with Crippen molar-refractivity contribution in [2.45, 2.75) is 13.8 Å². The number of methoxy groups -OCH3 is 2. The van der Waals surface area contributed by atoms with E-state index in [1.165, 1.54) is 11.8 Å². The highest BCUT2D eigenvalue weighted by Gasteiger charge is 2.24. The Bertz CT molecular complexity index is 935. The Kier molecular flexibility index (Phi) is 6.82. The first kappa shape index (κ1) is 20.8. The largest absolute Gasteiger partial charge is 0.493 e. The number of carbonyl (C=O) groups is 1. The highest BCUT2D eigenvalue weighted by Crippen LogP contribution is 2.32. The number of benzene rings is 2. The molecule has 0 bridgehead atoms. The molecule has 1 aliphatic heterocycles. The summed E-state index contributed by atoms with van der Waals surface area (Å²) < 4.78 is 10.6. The smallest absolute Gasteiger partial charge is 0.264 e. The van der Waals surface area contributed by atoms with Gasteiger partial charge in [0.2, 0.25) is 0 Å². The van der Waals surface area contributed by atoms with Crippen molar-refractivity contribution in [1.29, 1.82) is 0 Å². The Labute approximate surface area is 175 Å². The van der Waals surface area contributed by atoms with Crippen LogP contribution in [0.4, 0.5) is 11.4 Å². The van der Waals surface area contributed by atoms with Crippen molar-refractivity contribution in [2.75, 3.05) is 32.2 Å². The molecule has 6 nitrogen and oxygen atoms in total. The van der Waals surface area contributed by atoms with Gasteiger partial charge in [-0.3, -0.25) is 4.79 Å². The molecule has 1 heterocycles. The molecule has 1 saturated heterocycles. The number of anilines is 1. The summed E-state index contributed by atoms with van der Waals surface area (Å²) >= 11 is 1.32. The number of nitrogens with zero attached hydrogens (tertiary/aromatic N) is 2. The van der Waals surface area contributed by atoms with Gasteiger partial charge < -0.3 is 19.7 Å². The van der Waals surface area contributed by atoms with Gasteiger partial charge in [0.1, 0.15) is 0 Å². The summed E-state index contributed by atoms with van der Waals surface area (Å²) in [6.45, 7) is 6.18. The van der Waals surface area contributed by atoms with Crippen molar-refractivity contribution in [3.05, 3.63) is 52.9 Å². The number of amidine groups is 1. The second kappa shape index (κ2) is 9.52. The first-order valence-corrected chi connectivity index (χ1v) is 10.3. The molecule has 0 spiro atoms. The predicted molar refractivity (Wildman–Crippen MR) is 120 cm³/mol. The van der Waals surface area contributed by atoms with Gasteiger partial charge in [0, 0.05) is 18.8 Å². The average Bonchev–Trinajstić information content (AvgIpc) is 3.08. The van der Waals surface area contributed by atoms with Crippen LogP contribution >= 0.6 is 11.8 Å². The van der Waals surface area contributed by atoms with Gasteiger partial charge in [-0.1, -0.05) is 6.07 Å². The van der Waals surface area contributed by atoms with E-state index >= 15 is 0 Å². The van der Waals surface area contributed by atoms with Gasteiger partial charge in [-0.25, -0.2) is 4.99 Å². The van der Waals surface area contributed by atoms with E-state index in [4.69, 9.17) is 9.47 Å². The van der Waals surface area contributed by atoms with Crippen LogP contribution in [0.5, 0.6) is 11.5 Å². The molecule has 0 unspecified atom stereocenters. The zero-order chi connectivity index (χ0) is 20.8. The van der Waals surface area contributed by atoms with Gasteiger partial charge in [0.05, 0.1) is 24.8 Å². The number of rotatable bonds is 7. The van der Waals surface area contributed by atoms with E-state index in [1.54, 1.807) is 14.2 Å². The fourth-order valence-corrected chi connectivity index (χ4v) is 3.86. The van der Waals surface area contributed by atoms with Gasteiger partial charge in [-0.05, 0) is 73.6 Å². The van der Waals surface area contributed by atoms with Gasteiger partial charge in [-0.2, -0.15) is 0 Å². The normalized spacial score (nSPS) is 16.2. The SMILES string of the molecule is CCN(CC)c1ccc(N=C2NC(=O)/C(=C/c3ccc(OC)c(OC)c3)S2)cc1. The van der Waals surface area contributed by atoms with Crippen molar-refractivity contribution in [1.82, 2.24) is 5.32 Å². The molecule has 0 aliphatic carbocycles. The third-order valence-electron chi connectivity index (χ3n) is 4.57. The quantitative estimate of drug-likeness (QED) is 0.683. The van der Waals surface area contributed by atoms with Crippen LogP contribution < -0.4 is 19.7 Å². The van der Waals surface area contributed by atoms with Crippen LogP contribution in [0.2, 0.25) is 0 Å². The lowest BCUT2D eigenvalue weighted by atomic mass is 10.2. The molecule has 0 atom stereocenters. The minimum absolute atomic E-state index is 0.164. The Morgan fingerprint density at radius 1 is 1.03 bits per heavy atom. The number of ether oxygens (including phenoxy) is 2. The lowest BCUT2D eigenvalue weighted by molar-refractivity contribution is -0.115. The van der Waals surface area contributed by atoms with E-state index in [1.807, 2.05) is 48.5 Å². The zero-order valence-corrected chi connectivity index (χ0v) is 17.9. The van der Waals surface area contributed by atoms with Crippen molar-refractivity contribution < 1.29 is 14.3 Å². The van der Waals surface area contributed by atoms with Gasteiger partial charge >= 0.3 is 0 Å². The second-order valence-corrected chi connectivity index (χ2v) is 7.32. The Morgan fingerprint density at radius 3 is 2.34 bits per heavy atom.